The fourth-order valence-corrected chi connectivity index (χ4v) is 3.52. The Morgan fingerprint density at radius 1 is 1.04 bits per heavy atom. The summed E-state index contributed by atoms with van der Waals surface area (Å²) in [6, 6.07) is 13.9. The molecular weight excluding hydrogens is 306 g/mol. The fraction of sp³-hybridized carbons (Fsp3) is 0.368. The average molecular weight is 327 g/mol. The third-order valence-corrected chi connectivity index (χ3v) is 4.72. The molecule has 0 saturated carbocycles. The van der Waals surface area contributed by atoms with Crippen molar-refractivity contribution in [3.8, 4) is 17.2 Å². The summed E-state index contributed by atoms with van der Waals surface area (Å²) in [5.41, 5.74) is 2.09. The molecule has 126 valence electrons. The van der Waals surface area contributed by atoms with Gasteiger partial charge in [0.25, 0.3) is 0 Å². The Morgan fingerprint density at radius 2 is 1.88 bits per heavy atom. The second kappa shape index (κ2) is 6.24. The Bertz CT molecular complexity index is 716. The number of nitrogens with one attached hydrogen (secondary N) is 1. The zero-order chi connectivity index (χ0) is 16.5. The summed E-state index contributed by atoms with van der Waals surface area (Å²) >= 11 is 0. The Morgan fingerprint density at radius 3 is 2.62 bits per heavy atom. The summed E-state index contributed by atoms with van der Waals surface area (Å²) in [6.07, 6.45) is 0.746. The Labute approximate surface area is 141 Å². The third-order valence-electron chi connectivity index (χ3n) is 4.72. The smallest absolute Gasteiger partial charge is 0.205 e. The van der Waals surface area contributed by atoms with E-state index in [2.05, 4.69) is 5.32 Å². The first-order valence-electron chi connectivity index (χ1n) is 8.16. The highest BCUT2D eigenvalue weighted by molar-refractivity contribution is 5.55. The third kappa shape index (κ3) is 2.55. The van der Waals surface area contributed by atoms with Crippen molar-refractivity contribution in [2.75, 3.05) is 26.1 Å². The number of hydrogen-bond donors (Lipinski definition) is 1. The van der Waals surface area contributed by atoms with Crippen molar-refractivity contribution in [2.24, 2.45) is 5.92 Å². The molecule has 2 aliphatic heterocycles. The molecule has 1 N–H and O–H groups in total. The predicted molar refractivity (Wildman–Crippen MR) is 90.8 cm³/mol. The zero-order valence-corrected chi connectivity index (χ0v) is 13.8. The van der Waals surface area contributed by atoms with Crippen LogP contribution in [0.15, 0.2) is 42.5 Å². The molecule has 5 heteroatoms. The number of anilines is 1. The lowest BCUT2D eigenvalue weighted by Gasteiger charge is -2.36. The Hall–Kier alpha value is -2.40. The number of benzene rings is 2. The van der Waals surface area contributed by atoms with Gasteiger partial charge in [0.15, 0.2) is 0 Å². The number of fused-ring (bicyclic) bond motifs is 2. The highest BCUT2D eigenvalue weighted by atomic mass is 16.7. The predicted octanol–water partition coefficient (Wildman–Crippen LogP) is 3.61. The van der Waals surface area contributed by atoms with Crippen LogP contribution in [0.5, 0.6) is 17.2 Å². The summed E-state index contributed by atoms with van der Waals surface area (Å²) in [4.78, 5) is 0. The molecular formula is C19H21NO4. The van der Waals surface area contributed by atoms with Crippen LogP contribution < -0.4 is 19.5 Å². The van der Waals surface area contributed by atoms with Crippen molar-refractivity contribution in [1.29, 1.82) is 0 Å². The minimum Gasteiger partial charge on any atom is -0.497 e. The Kier molecular flexibility index (Phi) is 3.94. The first kappa shape index (κ1) is 15.1. The summed E-state index contributed by atoms with van der Waals surface area (Å²) < 4.78 is 22.6. The highest BCUT2D eigenvalue weighted by Gasteiger charge is 2.43. The largest absolute Gasteiger partial charge is 0.497 e. The van der Waals surface area contributed by atoms with Crippen molar-refractivity contribution >= 4 is 5.69 Å². The van der Waals surface area contributed by atoms with E-state index >= 15 is 0 Å². The molecule has 3 atom stereocenters. The standard InChI is InChI=1S/C19H21NO4/c1-21-13-8-6-12(7-9-13)20-18-14-10-11-23-19(14)24-16-5-3-4-15(22-2)17(16)18/h3-9,14,18-20H,10-11H2,1-2H3/t14-,18+,19+/m0/s1. The Balaban J connectivity index is 1.71. The average Bonchev–Trinajstić information content (AvgIpc) is 3.10. The molecule has 1 fully saturated rings. The lowest BCUT2D eigenvalue weighted by molar-refractivity contribution is -0.0751. The number of ether oxygens (including phenoxy) is 4. The SMILES string of the molecule is COc1ccc(N[C@H]2c3c(OC)cccc3O[C@H]3OCC[C@H]32)cc1. The lowest BCUT2D eigenvalue weighted by Crippen LogP contribution is -2.36. The van der Waals surface area contributed by atoms with Crippen LogP contribution in [0.25, 0.3) is 0 Å². The van der Waals surface area contributed by atoms with E-state index in [1.54, 1.807) is 14.2 Å². The quantitative estimate of drug-likeness (QED) is 0.929. The minimum absolute atomic E-state index is 0.0748. The van der Waals surface area contributed by atoms with E-state index < -0.39 is 0 Å². The van der Waals surface area contributed by atoms with Crippen molar-refractivity contribution in [2.45, 2.75) is 18.8 Å². The van der Waals surface area contributed by atoms with E-state index in [1.165, 1.54) is 0 Å². The van der Waals surface area contributed by atoms with Gasteiger partial charge in [-0.15, -0.1) is 0 Å². The lowest BCUT2D eigenvalue weighted by atomic mass is 9.87. The maximum Gasteiger partial charge on any atom is 0.205 e. The van der Waals surface area contributed by atoms with Gasteiger partial charge in [-0.1, -0.05) is 6.07 Å². The van der Waals surface area contributed by atoms with Gasteiger partial charge >= 0.3 is 0 Å². The summed E-state index contributed by atoms with van der Waals surface area (Å²) in [7, 11) is 3.36. The van der Waals surface area contributed by atoms with Gasteiger partial charge < -0.3 is 24.3 Å². The molecule has 2 aliphatic rings. The van der Waals surface area contributed by atoms with Gasteiger partial charge in [0.1, 0.15) is 17.2 Å². The molecule has 0 aliphatic carbocycles. The fourth-order valence-electron chi connectivity index (χ4n) is 3.52. The van der Waals surface area contributed by atoms with E-state index in [0.29, 0.717) is 6.61 Å². The molecule has 5 nitrogen and oxygen atoms in total. The molecule has 2 aromatic rings. The summed E-state index contributed by atoms with van der Waals surface area (Å²) in [5, 5.41) is 3.64. The molecule has 0 spiro atoms. The van der Waals surface area contributed by atoms with Crippen LogP contribution in [-0.4, -0.2) is 27.1 Å². The van der Waals surface area contributed by atoms with E-state index in [4.69, 9.17) is 18.9 Å². The molecule has 4 rings (SSSR count). The van der Waals surface area contributed by atoms with E-state index in [9.17, 15) is 0 Å². The van der Waals surface area contributed by atoms with Gasteiger partial charge in [-0.3, -0.25) is 0 Å². The summed E-state index contributed by atoms with van der Waals surface area (Å²) in [5.74, 6) is 2.75. The monoisotopic (exact) mass is 327 g/mol. The number of rotatable bonds is 4. The highest BCUT2D eigenvalue weighted by Crippen LogP contribution is 2.48. The maximum absolute atomic E-state index is 6.04. The minimum atomic E-state index is -0.208. The van der Waals surface area contributed by atoms with Crippen molar-refractivity contribution in [1.82, 2.24) is 0 Å². The van der Waals surface area contributed by atoms with Gasteiger partial charge in [-0.05, 0) is 42.8 Å². The molecule has 1 saturated heterocycles. The molecule has 0 bridgehead atoms. The molecule has 0 unspecified atom stereocenters. The number of hydrogen-bond acceptors (Lipinski definition) is 5. The first-order chi connectivity index (χ1) is 11.8. The van der Waals surface area contributed by atoms with E-state index in [0.717, 1.165) is 34.9 Å². The van der Waals surface area contributed by atoms with Crippen molar-refractivity contribution in [3.05, 3.63) is 48.0 Å². The van der Waals surface area contributed by atoms with Crippen LogP contribution in [-0.2, 0) is 4.74 Å². The molecule has 2 heterocycles. The second-order valence-electron chi connectivity index (χ2n) is 6.03. The zero-order valence-electron chi connectivity index (χ0n) is 13.8. The van der Waals surface area contributed by atoms with Gasteiger partial charge in [0.05, 0.1) is 32.4 Å². The molecule has 0 amide bonds. The maximum atomic E-state index is 6.04. The van der Waals surface area contributed by atoms with Gasteiger partial charge in [0.2, 0.25) is 6.29 Å². The van der Waals surface area contributed by atoms with Crippen LogP contribution in [0.3, 0.4) is 0 Å². The van der Waals surface area contributed by atoms with Crippen LogP contribution in [0.4, 0.5) is 5.69 Å². The molecule has 2 aromatic carbocycles. The van der Waals surface area contributed by atoms with Crippen molar-refractivity contribution < 1.29 is 18.9 Å². The second-order valence-corrected chi connectivity index (χ2v) is 6.03. The molecule has 0 radical (unpaired) electrons. The van der Waals surface area contributed by atoms with Crippen molar-refractivity contribution in [3.63, 3.8) is 0 Å². The van der Waals surface area contributed by atoms with Gasteiger partial charge in [-0.2, -0.15) is 0 Å². The van der Waals surface area contributed by atoms with Crippen LogP contribution >= 0.6 is 0 Å². The molecule has 0 aromatic heterocycles. The topological polar surface area (TPSA) is 49.0 Å². The first-order valence-corrected chi connectivity index (χ1v) is 8.16. The van der Waals surface area contributed by atoms with Crippen LogP contribution in [0.2, 0.25) is 0 Å². The number of methoxy groups -OCH3 is 2. The van der Waals surface area contributed by atoms with E-state index in [-0.39, 0.29) is 18.2 Å². The van der Waals surface area contributed by atoms with Crippen LogP contribution in [0.1, 0.15) is 18.0 Å². The van der Waals surface area contributed by atoms with Gasteiger partial charge in [0, 0.05) is 11.6 Å². The molecule has 24 heavy (non-hydrogen) atoms. The van der Waals surface area contributed by atoms with Gasteiger partial charge in [-0.25, -0.2) is 0 Å². The van der Waals surface area contributed by atoms with E-state index in [1.807, 2.05) is 42.5 Å². The van der Waals surface area contributed by atoms with Crippen LogP contribution in [0, 0.1) is 5.92 Å². The summed E-state index contributed by atoms with van der Waals surface area (Å²) in [6.45, 7) is 0.715. The normalized spacial score (nSPS) is 24.5.